The van der Waals surface area contributed by atoms with Crippen molar-refractivity contribution in [3.8, 4) is 0 Å². The Bertz CT molecular complexity index is 970. The minimum atomic E-state index is -0.800. The molecule has 1 atom stereocenters. The third-order valence-electron chi connectivity index (χ3n) is 8.86. The van der Waals surface area contributed by atoms with Crippen LogP contribution in [0.3, 0.4) is 0 Å². The maximum atomic E-state index is 15.7. The molecule has 0 aromatic heterocycles. The van der Waals surface area contributed by atoms with E-state index in [9.17, 15) is 9.59 Å². The highest BCUT2D eigenvalue weighted by atomic mass is 19.1. The molecule has 198 valence electrons. The first kappa shape index (κ1) is 25.7. The maximum Gasteiger partial charge on any atom is 0.329 e. The van der Waals surface area contributed by atoms with Crippen LogP contribution < -0.4 is 10.2 Å². The summed E-state index contributed by atoms with van der Waals surface area (Å²) >= 11 is 0. The Morgan fingerprint density at radius 2 is 1.75 bits per heavy atom. The number of anilines is 1. The van der Waals surface area contributed by atoms with Gasteiger partial charge in [-0.25, -0.2) is 9.18 Å². The van der Waals surface area contributed by atoms with Gasteiger partial charge in [-0.15, -0.1) is 0 Å². The number of ether oxygens (including phenoxy) is 1. The highest BCUT2D eigenvalue weighted by Gasteiger charge is 2.55. The topological polar surface area (TPSA) is 61.9 Å². The van der Waals surface area contributed by atoms with E-state index in [4.69, 9.17) is 4.74 Å². The van der Waals surface area contributed by atoms with Crippen molar-refractivity contribution in [3.05, 3.63) is 29.6 Å². The number of amides is 1. The van der Waals surface area contributed by atoms with E-state index in [-0.39, 0.29) is 11.6 Å². The highest BCUT2D eigenvalue weighted by Crippen LogP contribution is 2.46. The van der Waals surface area contributed by atoms with Crippen LogP contribution in [0.1, 0.15) is 90.0 Å². The van der Waals surface area contributed by atoms with Gasteiger partial charge in [-0.05, 0) is 128 Å². The van der Waals surface area contributed by atoms with Crippen LogP contribution in [0, 0.1) is 11.2 Å². The molecule has 1 unspecified atom stereocenters. The van der Waals surface area contributed by atoms with Crippen LogP contribution in [0.15, 0.2) is 18.2 Å². The van der Waals surface area contributed by atoms with Crippen LogP contribution in [0.2, 0.25) is 0 Å². The number of carbonyl (C=O) groups is 2. The van der Waals surface area contributed by atoms with Crippen molar-refractivity contribution in [1.82, 2.24) is 10.2 Å². The molecule has 1 aliphatic carbocycles. The minimum Gasteiger partial charge on any atom is -0.458 e. The molecule has 4 fully saturated rings. The first-order valence-corrected chi connectivity index (χ1v) is 14.0. The van der Waals surface area contributed by atoms with Crippen LogP contribution >= 0.6 is 0 Å². The predicted octanol–water partition coefficient (Wildman–Crippen LogP) is 4.76. The van der Waals surface area contributed by atoms with E-state index < -0.39 is 28.8 Å². The van der Waals surface area contributed by atoms with Gasteiger partial charge < -0.3 is 15.0 Å². The van der Waals surface area contributed by atoms with Crippen molar-refractivity contribution in [3.63, 3.8) is 0 Å². The van der Waals surface area contributed by atoms with Crippen molar-refractivity contribution in [2.75, 3.05) is 31.1 Å². The molecule has 1 aromatic carbocycles. The number of hydrogen-bond donors (Lipinski definition) is 1. The van der Waals surface area contributed by atoms with Gasteiger partial charge in [0.05, 0.1) is 11.1 Å². The lowest BCUT2D eigenvalue weighted by Crippen LogP contribution is -2.45. The Balaban J connectivity index is 1.36. The molecule has 3 saturated heterocycles. The van der Waals surface area contributed by atoms with Crippen LogP contribution in [-0.2, 0) is 14.3 Å². The molecular weight excluding hydrogens is 457 g/mol. The number of piperidine rings is 1. The lowest BCUT2D eigenvalue weighted by Gasteiger charge is -2.35. The summed E-state index contributed by atoms with van der Waals surface area (Å²) < 4.78 is 21.4. The molecule has 7 heteroatoms. The zero-order valence-electron chi connectivity index (χ0n) is 22.2. The second-order valence-corrected chi connectivity index (χ2v) is 12.4. The van der Waals surface area contributed by atoms with Crippen LogP contribution in [0.4, 0.5) is 10.1 Å². The van der Waals surface area contributed by atoms with E-state index in [1.165, 1.54) is 30.8 Å². The summed E-state index contributed by atoms with van der Waals surface area (Å²) in [5, 5.41) is 3.31. The molecule has 5 rings (SSSR count). The Morgan fingerprint density at radius 3 is 2.36 bits per heavy atom. The van der Waals surface area contributed by atoms with Crippen molar-refractivity contribution < 1.29 is 18.7 Å². The third-order valence-corrected chi connectivity index (χ3v) is 8.86. The zero-order chi connectivity index (χ0) is 25.5. The number of halogens is 1. The van der Waals surface area contributed by atoms with Gasteiger partial charge in [0.2, 0.25) is 5.91 Å². The van der Waals surface area contributed by atoms with Gasteiger partial charge in [0.25, 0.3) is 0 Å². The number of esters is 1. The highest BCUT2D eigenvalue weighted by molar-refractivity contribution is 6.06. The number of nitrogens with zero attached hydrogens (tertiary/aromatic N) is 2. The lowest BCUT2D eigenvalue weighted by atomic mass is 9.76. The van der Waals surface area contributed by atoms with Crippen LogP contribution in [0.5, 0.6) is 0 Å². The minimum absolute atomic E-state index is 0.141. The zero-order valence-corrected chi connectivity index (χ0v) is 22.2. The molecule has 1 amide bonds. The largest absolute Gasteiger partial charge is 0.458 e. The summed E-state index contributed by atoms with van der Waals surface area (Å²) in [6.45, 7) is 9.35. The fourth-order valence-electron chi connectivity index (χ4n) is 6.96. The Hall–Kier alpha value is -1.99. The van der Waals surface area contributed by atoms with E-state index in [1.54, 1.807) is 12.1 Å². The summed E-state index contributed by atoms with van der Waals surface area (Å²) in [5.74, 6) is -0.659. The smallest absolute Gasteiger partial charge is 0.329 e. The van der Waals surface area contributed by atoms with Gasteiger partial charge in [-0.1, -0.05) is 6.07 Å². The Morgan fingerprint density at radius 1 is 1.08 bits per heavy atom. The standard InChI is InChI=1S/C29H42FN3O3/c1-28(2,3)36-26(34)25-19-29(12-14-31-15-13-29)27(35)33(25)24-11-8-21(18-23(24)30)20-6-9-22(10-7-20)32-16-4-5-17-32/h8,11,18,20,22,25,31H,4-7,9-10,12-17,19H2,1-3H3. The van der Waals surface area contributed by atoms with E-state index in [2.05, 4.69) is 10.2 Å². The van der Waals surface area contributed by atoms with E-state index in [0.29, 0.717) is 31.2 Å². The lowest BCUT2D eigenvalue weighted by molar-refractivity contribution is -0.156. The fourth-order valence-corrected chi connectivity index (χ4v) is 6.96. The van der Waals surface area contributed by atoms with E-state index >= 15 is 4.39 Å². The molecule has 4 aliphatic rings. The first-order valence-electron chi connectivity index (χ1n) is 14.0. The van der Waals surface area contributed by atoms with Gasteiger partial charge in [0, 0.05) is 6.04 Å². The third kappa shape index (κ3) is 5.06. The number of nitrogens with one attached hydrogen (secondary N) is 1. The maximum absolute atomic E-state index is 15.7. The number of hydrogen-bond acceptors (Lipinski definition) is 5. The normalized spacial score (nSPS) is 29.2. The van der Waals surface area contributed by atoms with Crippen molar-refractivity contribution in [2.24, 2.45) is 5.41 Å². The van der Waals surface area contributed by atoms with E-state index in [0.717, 1.165) is 44.3 Å². The molecule has 36 heavy (non-hydrogen) atoms. The molecule has 6 nitrogen and oxygen atoms in total. The van der Waals surface area contributed by atoms with Gasteiger partial charge in [0.1, 0.15) is 17.5 Å². The molecular formula is C29H42FN3O3. The van der Waals surface area contributed by atoms with E-state index in [1.807, 2.05) is 26.8 Å². The summed E-state index contributed by atoms with van der Waals surface area (Å²) in [7, 11) is 0. The molecule has 3 aliphatic heterocycles. The van der Waals surface area contributed by atoms with Gasteiger partial charge in [0.15, 0.2) is 0 Å². The number of benzene rings is 1. The monoisotopic (exact) mass is 499 g/mol. The predicted molar refractivity (Wildman–Crippen MR) is 138 cm³/mol. The van der Waals surface area contributed by atoms with Gasteiger partial charge in [-0.2, -0.15) is 0 Å². The molecule has 1 N–H and O–H groups in total. The summed E-state index contributed by atoms with van der Waals surface area (Å²) in [4.78, 5) is 31.1. The molecule has 0 radical (unpaired) electrons. The second-order valence-electron chi connectivity index (χ2n) is 12.4. The number of rotatable bonds is 4. The van der Waals surface area contributed by atoms with Crippen molar-refractivity contribution in [2.45, 2.75) is 102 Å². The average Bonchev–Trinajstić information content (AvgIpc) is 3.47. The Kier molecular flexibility index (Phi) is 7.16. The second kappa shape index (κ2) is 10.1. The Labute approximate surface area is 214 Å². The SMILES string of the molecule is CC(C)(C)OC(=O)C1CC2(CCNCC2)C(=O)N1c1ccc(C2CCC(N3CCCC3)CC2)cc1F. The van der Waals surface area contributed by atoms with Gasteiger partial charge in [-0.3, -0.25) is 9.69 Å². The molecule has 1 saturated carbocycles. The number of likely N-dealkylation sites (tertiary alicyclic amines) is 1. The molecule has 0 bridgehead atoms. The first-order chi connectivity index (χ1) is 17.2. The summed E-state index contributed by atoms with van der Waals surface area (Å²) in [6, 6.07) is 5.19. The molecule has 3 heterocycles. The van der Waals surface area contributed by atoms with Crippen molar-refractivity contribution >= 4 is 17.6 Å². The number of carbonyl (C=O) groups excluding carboxylic acids is 2. The van der Waals surface area contributed by atoms with Crippen LogP contribution in [-0.4, -0.2) is 60.6 Å². The average molecular weight is 500 g/mol. The summed E-state index contributed by atoms with van der Waals surface area (Å²) in [5.41, 5.74) is -0.0911. The van der Waals surface area contributed by atoms with Crippen molar-refractivity contribution in [1.29, 1.82) is 0 Å². The summed E-state index contributed by atoms with van der Waals surface area (Å²) in [6.07, 6.45) is 8.77. The van der Waals surface area contributed by atoms with Gasteiger partial charge >= 0.3 is 5.97 Å². The van der Waals surface area contributed by atoms with Crippen LogP contribution in [0.25, 0.3) is 0 Å². The molecule has 1 aromatic rings. The quantitative estimate of drug-likeness (QED) is 0.605. The fraction of sp³-hybridized carbons (Fsp3) is 0.724. The molecule has 1 spiro atoms.